The van der Waals surface area contributed by atoms with Gasteiger partial charge in [-0.15, -0.1) is 0 Å². The van der Waals surface area contributed by atoms with Crippen molar-refractivity contribution in [2.45, 2.75) is 0 Å². The lowest BCUT2D eigenvalue weighted by Gasteiger charge is -2.16. The third-order valence-electron chi connectivity index (χ3n) is 2.62. The number of nitrogens with zero attached hydrogens (tertiary/aromatic N) is 1. The topological polar surface area (TPSA) is 72.5 Å². The van der Waals surface area contributed by atoms with Crippen LogP contribution in [-0.4, -0.2) is 38.2 Å². The maximum absolute atomic E-state index is 11.5. The molecule has 0 atom stereocenters. The molecule has 2 N–H and O–H groups in total. The maximum atomic E-state index is 11.5. The van der Waals surface area contributed by atoms with Crippen molar-refractivity contribution in [3.8, 4) is 5.88 Å². The Labute approximate surface area is 105 Å². The Morgan fingerprint density at radius 1 is 1.56 bits per heavy atom. The molecule has 2 rings (SSSR count). The molecule has 0 spiro atoms. The fourth-order valence-electron chi connectivity index (χ4n) is 1.69. The van der Waals surface area contributed by atoms with E-state index in [0.29, 0.717) is 24.7 Å². The van der Waals surface area contributed by atoms with Gasteiger partial charge in [0.25, 0.3) is 5.91 Å². The summed E-state index contributed by atoms with van der Waals surface area (Å²) < 4.78 is 5.23. The molecule has 1 aliphatic heterocycles. The van der Waals surface area contributed by atoms with Gasteiger partial charge < -0.3 is 10.1 Å². The van der Waals surface area contributed by atoms with E-state index in [4.69, 9.17) is 9.57 Å². The molecule has 1 aromatic heterocycles. The van der Waals surface area contributed by atoms with Crippen LogP contribution in [-0.2, 0) is 4.84 Å². The summed E-state index contributed by atoms with van der Waals surface area (Å²) in [7, 11) is 3.09. The molecule has 6 heteroatoms. The van der Waals surface area contributed by atoms with Crippen molar-refractivity contribution in [2.75, 3.05) is 27.3 Å². The van der Waals surface area contributed by atoms with Gasteiger partial charge in [0.15, 0.2) is 0 Å². The van der Waals surface area contributed by atoms with Gasteiger partial charge in [-0.3, -0.25) is 9.63 Å². The minimum Gasteiger partial charge on any atom is -0.481 e. The number of carbonyl (C=O) groups is 1. The third-order valence-corrected chi connectivity index (χ3v) is 2.62. The van der Waals surface area contributed by atoms with Crippen molar-refractivity contribution in [3.05, 3.63) is 29.5 Å². The van der Waals surface area contributed by atoms with Crippen LogP contribution in [0.1, 0.15) is 16.1 Å². The number of ether oxygens (including phenoxy) is 1. The molecule has 0 aromatic carbocycles. The zero-order chi connectivity index (χ0) is 13.0. The molecule has 0 radical (unpaired) electrons. The van der Waals surface area contributed by atoms with Gasteiger partial charge in [-0.1, -0.05) is 6.08 Å². The van der Waals surface area contributed by atoms with Crippen LogP contribution >= 0.6 is 0 Å². The molecule has 2 heterocycles. The first-order valence-corrected chi connectivity index (χ1v) is 5.57. The molecule has 18 heavy (non-hydrogen) atoms. The van der Waals surface area contributed by atoms with Crippen molar-refractivity contribution < 1.29 is 14.4 Å². The lowest BCUT2D eigenvalue weighted by Crippen LogP contribution is -2.22. The van der Waals surface area contributed by atoms with Gasteiger partial charge in [0, 0.05) is 19.2 Å². The lowest BCUT2D eigenvalue weighted by molar-refractivity contribution is 0.0677. The minimum absolute atomic E-state index is 0.240. The highest BCUT2D eigenvalue weighted by atomic mass is 16.6. The Bertz CT molecular complexity index is 485. The summed E-state index contributed by atoms with van der Waals surface area (Å²) in [6.07, 6.45) is 2.00. The predicted molar refractivity (Wildman–Crippen MR) is 66.1 cm³/mol. The number of amides is 1. The summed E-state index contributed by atoms with van der Waals surface area (Å²) in [5.41, 5.74) is 4.91. The number of nitrogens with one attached hydrogen (secondary N) is 2. The summed E-state index contributed by atoms with van der Waals surface area (Å²) in [6.45, 7) is 1.08. The van der Waals surface area contributed by atoms with Crippen molar-refractivity contribution in [2.24, 2.45) is 0 Å². The molecule has 0 aliphatic carbocycles. The van der Waals surface area contributed by atoms with E-state index >= 15 is 0 Å². The summed E-state index contributed by atoms with van der Waals surface area (Å²) in [5.74, 6) is 0.184. The second-order valence-corrected chi connectivity index (χ2v) is 3.70. The summed E-state index contributed by atoms with van der Waals surface area (Å²) in [5, 5.41) is 2.53. The van der Waals surface area contributed by atoms with Crippen molar-refractivity contribution in [3.63, 3.8) is 0 Å². The fraction of sp³-hybridized carbons (Fsp3) is 0.333. The number of aromatic nitrogens is 1. The maximum Gasteiger partial charge on any atom is 0.269 e. The molecule has 0 fully saturated rings. The van der Waals surface area contributed by atoms with Gasteiger partial charge in [0.1, 0.15) is 5.69 Å². The fourth-order valence-corrected chi connectivity index (χ4v) is 1.69. The van der Waals surface area contributed by atoms with Crippen molar-refractivity contribution in [1.29, 1.82) is 0 Å². The zero-order valence-electron chi connectivity index (χ0n) is 10.3. The number of hydrogen-bond donors (Lipinski definition) is 2. The van der Waals surface area contributed by atoms with Crippen LogP contribution in [0.3, 0.4) is 0 Å². The Kier molecular flexibility index (Phi) is 3.91. The summed E-state index contributed by atoms with van der Waals surface area (Å²) >= 11 is 0. The van der Waals surface area contributed by atoms with E-state index < -0.39 is 0 Å². The summed E-state index contributed by atoms with van der Waals surface area (Å²) in [6, 6.07) is 3.48. The predicted octanol–water partition coefficient (Wildman–Crippen LogP) is 0.368. The van der Waals surface area contributed by atoms with E-state index in [1.54, 1.807) is 13.1 Å². The number of rotatable bonds is 3. The van der Waals surface area contributed by atoms with Gasteiger partial charge in [-0.05, 0) is 17.7 Å². The van der Waals surface area contributed by atoms with Crippen LogP contribution < -0.4 is 15.5 Å². The molecule has 0 saturated heterocycles. The summed E-state index contributed by atoms with van der Waals surface area (Å²) in [4.78, 5) is 20.8. The van der Waals surface area contributed by atoms with E-state index in [9.17, 15) is 4.79 Å². The molecular formula is C12H15N3O3. The molecule has 0 saturated carbocycles. The monoisotopic (exact) mass is 249 g/mol. The number of pyridine rings is 1. The SMILES string of the molecule is CNC(=O)c1ccc(C2=CCNOC2)c(OC)n1. The third kappa shape index (κ3) is 2.49. The molecule has 96 valence electrons. The Hall–Kier alpha value is -1.92. The van der Waals surface area contributed by atoms with Crippen LogP contribution in [0, 0.1) is 0 Å². The molecule has 0 bridgehead atoms. The van der Waals surface area contributed by atoms with Gasteiger partial charge >= 0.3 is 0 Å². The van der Waals surface area contributed by atoms with Crippen molar-refractivity contribution >= 4 is 11.5 Å². The van der Waals surface area contributed by atoms with E-state index in [2.05, 4.69) is 15.8 Å². The van der Waals surface area contributed by atoms with Gasteiger partial charge in [-0.25, -0.2) is 4.98 Å². The first-order valence-electron chi connectivity index (χ1n) is 5.57. The van der Waals surface area contributed by atoms with Crippen LogP contribution in [0.4, 0.5) is 0 Å². The average Bonchev–Trinajstić information content (AvgIpc) is 2.46. The smallest absolute Gasteiger partial charge is 0.269 e. The second-order valence-electron chi connectivity index (χ2n) is 3.70. The first-order chi connectivity index (χ1) is 8.76. The van der Waals surface area contributed by atoms with Crippen LogP contribution in [0.2, 0.25) is 0 Å². The standard InChI is InChI=1S/C12H15N3O3/c1-13-11(16)10-4-3-9(12(15-10)17-2)8-5-6-14-18-7-8/h3-5,14H,6-7H2,1-2H3,(H,13,16). The second kappa shape index (κ2) is 5.61. The van der Waals surface area contributed by atoms with Crippen LogP contribution in [0.5, 0.6) is 5.88 Å². The Morgan fingerprint density at radius 2 is 2.39 bits per heavy atom. The highest BCUT2D eigenvalue weighted by molar-refractivity contribution is 5.92. The minimum atomic E-state index is -0.240. The molecule has 6 nitrogen and oxygen atoms in total. The first kappa shape index (κ1) is 12.5. The molecule has 1 amide bonds. The van der Waals surface area contributed by atoms with Crippen LogP contribution in [0.25, 0.3) is 5.57 Å². The normalized spacial score (nSPS) is 14.9. The van der Waals surface area contributed by atoms with E-state index in [0.717, 1.165) is 11.1 Å². The molecule has 0 unspecified atom stereocenters. The van der Waals surface area contributed by atoms with E-state index in [-0.39, 0.29) is 5.91 Å². The lowest BCUT2D eigenvalue weighted by atomic mass is 10.1. The average molecular weight is 249 g/mol. The molecule has 1 aromatic rings. The zero-order valence-corrected chi connectivity index (χ0v) is 10.3. The number of carbonyl (C=O) groups excluding carboxylic acids is 1. The highest BCUT2D eigenvalue weighted by Crippen LogP contribution is 2.25. The molecule has 1 aliphatic rings. The quantitative estimate of drug-likeness (QED) is 0.809. The Morgan fingerprint density at radius 3 is 3.00 bits per heavy atom. The number of hydrogen-bond acceptors (Lipinski definition) is 5. The number of hydroxylamine groups is 1. The van der Waals surface area contributed by atoms with Gasteiger partial charge in [0.05, 0.1) is 13.7 Å². The van der Waals surface area contributed by atoms with Gasteiger partial charge in [0.2, 0.25) is 5.88 Å². The van der Waals surface area contributed by atoms with Gasteiger partial charge in [-0.2, -0.15) is 5.48 Å². The highest BCUT2D eigenvalue weighted by Gasteiger charge is 2.15. The van der Waals surface area contributed by atoms with Crippen molar-refractivity contribution in [1.82, 2.24) is 15.8 Å². The Balaban J connectivity index is 2.36. The van der Waals surface area contributed by atoms with E-state index in [1.165, 1.54) is 7.11 Å². The van der Waals surface area contributed by atoms with E-state index in [1.807, 2.05) is 12.1 Å². The van der Waals surface area contributed by atoms with Crippen LogP contribution in [0.15, 0.2) is 18.2 Å². The molecular weight excluding hydrogens is 234 g/mol. The number of methoxy groups -OCH3 is 1. The largest absolute Gasteiger partial charge is 0.481 e.